The molecule has 4 nitrogen and oxygen atoms in total. The average molecular weight is 360 g/mol. The molecule has 0 unspecified atom stereocenters. The largest absolute Gasteiger partial charge is 0.490 e. The number of hydrogen-bond acceptors (Lipinski definition) is 4. The Bertz CT molecular complexity index is 418. The summed E-state index contributed by atoms with van der Waals surface area (Å²) in [6.07, 6.45) is 0. The van der Waals surface area contributed by atoms with Gasteiger partial charge in [-0.25, -0.2) is 0 Å². The Morgan fingerprint density at radius 1 is 1.14 bits per heavy atom. The molecule has 0 saturated heterocycles. The Morgan fingerprint density at radius 2 is 1.90 bits per heavy atom. The molecule has 0 aliphatic heterocycles. The molecule has 0 aliphatic rings. The van der Waals surface area contributed by atoms with Gasteiger partial charge in [0.25, 0.3) is 0 Å². The van der Waals surface area contributed by atoms with Gasteiger partial charge < -0.3 is 19.5 Å². The van der Waals surface area contributed by atoms with Crippen LogP contribution in [0.4, 0.5) is 0 Å². The maximum absolute atomic E-state index is 5.72. The summed E-state index contributed by atoms with van der Waals surface area (Å²) in [5, 5.41) is 3.31. The van der Waals surface area contributed by atoms with Gasteiger partial charge in [-0.05, 0) is 54.4 Å². The Kier molecular flexibility index (Phi) is 8.26. The number of hydrogen-bond donors (Lipinski definition) is 1. The molecule has 1 N–H and O–H groups in total. The number of halogens is 1. The SMILES string of the molecule is COCCNCc1ccc(OCCOC(C)(C)C)c(Br)c1. The summed E-state index contributed by atoms with van der Waals surface area (Å²) in [7, 11) is 1.70. The molecule has 1 rings (SSSR count). The number of rotatable bonds is 9. The fourth-order valence-corrected chi connectivity index (χ4v) is 2.22. The van der Waals surface area contributed by atoms with Crippen LogP contribution in [0.5, 0.6) is 5.75 Å². The van der Waals surface area contributed by atoms with E-state index in [1.807, 2.05) is 26.8 Å². The summed E-state index contributed by atoms with van der Waals surface area (Å²) in [6, 6.07) is 6.11. The second kappa shape index (κ2) is 9.41. The van der Waals surface area contributed by atoms with Crippen LogP contribution in [-0.2, 0) is 16.0 Å². The second-order valence-corrected chi connectivity index (χ2v) is 6.60. The van der Waals surface area contributed by atoms with Crippen molar-refractivity contribution in [2.24, 2.45) is 0 Å². The highest BCUT2D eigenvalue weighted by Crippen LogP contribution is 2.26. The van der Waals surface area contributed by atoms with Crippen molar-refractivity contribution < 1.29 is 14.2 Å². The van der Waals surface area contributed by atoms with E-state index in [1.54, 1.807) is 7.11 Å². The Morgan fingerprint density at radius 3 is 2.52 bits per heavy atom. The molecule has 0 amide bonds. The van der Waals surface area contributed by atoms with Crippen molar-refractivity contribution in [2.75, 3.05) is 33.5 Å². The Hall–Kier alpha value is -0.620. The van der Waals surface area contributed by atoms with Crippen molar-refractivity contribution in [3.05, 3.63) is 28.2 Å². The standard InChI is InChI=1S/C16H26BrNO3/c1-16(2,3)21-10-9-20-15-6-5-13(11-14(15)17)12-18-7-8-19-4/h5-6,11,18H,7-10,12H2,1-4H3. The lowest BCUT2D eigenvalue weighted by Crippen LogP contribution is -2.22. The van der Waals surface area contributed by atoms with Crippen LogP contribution in [-0.4, -0.2) is 39.1 Å². The summed E-state index contributed by atoms with van der Waals surface area (Å²) < 4.78 is 17.3. The fraction of sp³-hybridized carbons (Fsp3) is 0.625. The van der Waals surface area contributed by atoms with Gasteiger partial charge in [-0.1, -0.05) is 6.07 Å². The minimum Gasteiger partial charge on any atom is -0.490 e. The molecule has 0 aliphatic carbocycles. The third-order valence-corrected chi connectivity index (χ3v) is 3.30. The molecule has 0 bridgehead atoms. The van der Waals surface area contributed by atoms with Crippen molar-refractivity contribution in [2.45, 2.75) is 32.9 Å². The molecule has 21 heavy (non-hydrogen) atoms. The van der Waals surface area contributed by atoms with Gasteiger partial charge in [0.1, 0.15) is 12.4 Å². The molecular weight excluding hydrogens is 334 g/mol. The quantitative estimate of drug-likeness (QED) is 0.686. The van der Waals surface area contributed by atoms with E-state index in [0.29, 0.717) is 13.2 Å². The zero-order valence-corrected chi connectivity index (χ0v) is 15.0. The monoisotopic (exact) mass is 359 g/mol. The highest BCUT2D eigenvalue weighted by Gasteiger charge is 2.09. The van der Waals surface area contributed by atoms with Crippen LogP contribution in [0.2, 0.25) is 0 Å². The van der Waals surface area contributed by atoms with E-state index in [1.165, 1.54) is 5.56 Å². The minimum absolute atomic E-state index is 0.127. The molecule has 1 aromatic carbocycles. The first-order chi connectivity index (χ1) is 9.92. The summed E-state index contributed by atoms with van der Waals surface area (Å²) in [4.78, 5) is 0. The van der Waals surface area contributed by atoms with E-state index in [4.69, 9.17) is 14.2 Å². The van der Waals surface area contributed by atoms with E-state index in [9.17, 15) is 0 Å². The van der Waals surface area contributed by atoms with Crippen LogP contribution >= 0.6 is 15.9 Å². The van der Waals surface area contributed by atoms with E-state index >= 15 is 0 Å². The van der Waals surface area contributed by atoms with Crippen LogP contribution in [0.15, 0.2) is 22.7 Å². The second-order valence-electron chi connectivity index (χ2n) is 5.74. The van der Waals surface area contributed by atoms with Crippen LogP contribution in [0.3, 0.4) is 0 Å². The molecular formula is C16H26BrNO3. The number of benzene rings is 1. The van der Waals surface area contributed by atoms with Gasteiger partial charge in [-0.3, -0.25) is 0 Å². The van der Waals surface area contributed by atoms with Crippen molar-refractivity contribution >= 4 is 15.9 Å². The third-order valence-electron chi connectivity index (χ3n) is 2.68. The van der Waals surface area contributed by atoms with Gasteiger partial charge in [0, 0.05) is 20.2 Å². The lowest BCUT2D eigenvalue weighted by molar-refractivity contribution is -0.0163. The topological polar surface area (TPSA) is 39.7 Å². The first kappa shape index (κ1) is 18.4. The highest BCUT2D eigenvalue weighted by atomic mass is 79.9. The molecule has 0 heterocycles. The number of ether oxygens (including phenoxy) is 3. The first-order valence-electron chi connectivity index (χ1n) is 7.17. The van der Waals surface area contributed by atoms with Crippen molar-refractivity contribution in [1.29, 1.82) is 0 Å². The van der Waals surface area contributed by atoms with Gasteiger partial charge in [0.2, 0.25) is 0 Å². The van der Waals surface area contributed by atoms with Crippen molar-refractivity contribution in [3.8, 4) is 5.75 Å². The molecule has 0 spiro atoms. The lowest BCUT2D eigenvalue weighted by atomic mass is 10.2. The van der Waals surface area contributed by atoms with Crippen molar-refractivity contribution in [1.82, 2.24) is 5.32 Å². The molecule has 120 valence electrons. The van der Waals surface area contributed by atoms with Gasteiger partial charge in [-0.2, -0.15) is 0 Å². The van der Waals surface area contributed by atoms with E-state index in [0.717, 1.165) is 29.9 Å². The Balaban J connectivity index is 2.36. The average Bonchev–Trinajstić information content (AvgIpc) is 2.40. The van der Waals surface area contributed by atoms with Crippen LogP contribution in [0.1, 0.15) is 26.3 Å². The molecule has 0 aromatic heterocycles. The maximum Gasteiger partial charge on any atom is 0.133 e. The molecule has 0 fully saturated rings. The Labute approximate surface area is 136 Å². The van der Waals surface area contributed by atoms with Gasteiger partial charge in [0.15, 0.2) is 0 Å². The summed E-state index contributed by atoms with van der Waals surface area (Å²) >= 11 is 3.54. The van der Waals surface area contributed by atoms with Crippen LogP contribution < -0.4 is 10.1 Å². The predicted octanol–water partition coefficient (Wildman–Crippen LogP) is 3.38. The summed E-state index contributed by atoms with van der Waals surface area (Å²) in [5.41, 5.74) is 1.08. The fourth-order valence-electron chi connectivity index (χ4n) is 1.68. The summed E-state index contributed by atoms with van der Waals surface area (Å²) in [6.45, 7) is 9.61. The highest BCUT2D eigenvalue weighted by molar-refractivity contribution is 9.10. The molecule has 1 aromatic rings. The predicted molar refractivity (Wildman–Crippen MR) is 88.9 cm³/mol. The smallest absolute Gasteiger partial charge is 0.133 e. The minimum atomic E-state index is -0.127. The van der Waals surface area contributed by atoms with E-state index < -0.39 is 0 Å². The number of nitrogens with one attached hydrogen (secondary N) is 1. The molecule has 0 radical (unpaired) electrons. The molecule has 5 heteroatoms. The van der Waals surface area contributed by atoms with E-state index in [2.05, 4.69) is 33.4 Å². The van der Waals surface area contributed by atoms with Crippen molar-refractivity contribution in [3.63, 3.8) is 0 Å². The first-order valence-corrected chi connectivity index (χ1v) is 7.96. The maximum atomic E-state index is 5.72. The number of methoxy groups -OCH3 is 1. The van der Waals surface area contributed by atoms with E-state index in [-0.39, 0.29) is 5.60 Å². The van der Waals surface area contributed by atoms with Gasteiger partial charge in [-0.15, -0.1) is 0 Å². The zero-order chi connectivity index (χ0) is 15.7. The van der Waals surface area contributed by atoms with Gasteiger partial charge >= 0.3 is 0 Å². The van der Waals surface area contributed by atoms with Crippen LogP contribution in [0, 0.1) is 0 Å². The lowest BCUT2D eigenvalue weighted by Gasteiger charge is -2.19. The summed E-state index contributed by atoms with van der Waals surface area (Å²) in [5.74, 6) is 0.841. The third kappa shape index (κ3) is 8.41. The molecule has 0 atom stereocenters. The zero-order valence-electron chi connectivity index (χ0n) is 13.4. The normalized spacial score (nSPS) is 11.7. The van der Waals surface area contributed by atoms with Gasteiger partial charge in [0.05, 0.1) is 23.3 Å². The van der Waals surface area contributed by atoms with Crippen LogP contribution in [0.25, 0.3) is 0 Å². The molecule has 0 saturated carbocycles.